The van der Waals surface area contributed by atoms with Crippen molar-refractivity contribution < 1.29 is 0 Å². The number of hydrogen-bond acceptors (Lipinski definition) is 2. The van der Waals surface area contributed by atoms with E-state index in [2.05, 4.69) is 170 Å². The van der Waals surface area contributed by atoms with Gasteiger partial charge in [-0.1, -0.05) is 133 Å². The highest BCUT2D eigenvalue weighted by Gasteiger charge is 2.19. The van der Waals surface area contributed by atoms with Gasteiger partial charge in [-0.15, -0.1) is 22.7 Å². The van der Waals surface area contributed by atoms with Gasteiger partial charge in [-0.05, 0) is 102 Å². The van der Waals surface area contributed by atoms with Gasteiger partial charge in [0.15, 0.2) is 0 Å². The highest BCUT2D eigenvalue weighted by molar-refractivity contribution is 7.28. The second-order valence-corrected chi connectivity index (χ2v) is 15.4. The van der Waals surface area contributed by atoms with Gasteiger partial charge in [0.1, 0.15) is 0 Å². The van der Waals surface area contributed by atoms with E-state index in [1.165, 1.54) is 106 Å². The Morgan fingerprint density at radius 1 is 0.260 bits per heavy atom. The predicted octanol–water partition coefficient (Wildman–Crippen LogP) is 14.9. The first-order chi connectivity index (χ1) is 24.8. The van der Waals surface area contributed by atoms with Crippen LogP contribution in [0.15, 0.2) is 170 Å². The number of fused-ring (bicyclic) bond motifs is 9. The van der Waals surface area contributed by atoms with Crippen LogP contribution in [-0.4, -0.2) is 0 Å². The molecule has 0 aliphatic carbocycles. The summed E-state index contributed by atoms with van der Waals surface area (Å²) in [5.41, 5.74) is 7.60. The van der Waals surface area contributed by atoms with Crippen molar-refractivity contribution >= 4 is 95.3 Å². The molecule has 0 N–H and O–H groups in total. The molecule has 11 rings (SSSR count). The maximum Gasteiger partial charge on any atom is 0.0369 e. The molecule has 0 aliphatic heterocycles. The minimum absolute atomic E-state index is 1.24. The van der Waals surface area contributed by atoms with E-state index >= 15 is 0 Å². The lowest BCUT2D eigenvalue weighted by Gasteiger charge is -2.19. The van der Waals surface area contributed by atoms with Crippen LogP contribution in [0.1, 0.15) is 0 Å². The van der Waals surface area contributed by atoms with Crippen LogP contribution in [0, 0.1) is 0 Å². The van der Waals surface area contributed by atoms with Crippen LogP contribution in [-0.2, 0) is 0 Å². The summed E-state index contributed by atoms with van der Waals surface area (Å²) in [6, 6.07) is 63.2. The second-order valence-electron chi connectivity index (χ2n) is 13.2. The SMILES string of the molecule is c1ccc(-c2c3ccccc3c(-c3cc(-c4ccc5c(c4)sc4cc6sc7ccccc7c6cc45)cc4ccccc34)c3ccccc23)cc1. The second kappa shape index (κ2) is 10.9. The molecule has 232 valence electrons. The summed E-state index contributed by atoms with van der Waals surface area (Å²) in [7, 11) is 0. The first kappa shape index (κ1) is 28.1. The molecule has 0 bridgehead atoms. The molecule has 0 unspecified atom stereocenters. The van der Waals surface area contributed by atoms with Crippen molar-refractivity contribution in [3.05, 3.63) is 170 Å². The molecule has 2 heteroatoms. The topological polar surface area (TPSA) is 0 Å². The van der Waals surface area contributed by atoms with Crippen molar-refractivity contribution in [1.29, 1.82) is 0 Å². The summed E-state index contributed by atoms with van der Waals surface area (Å²) >= 11 is 3.80. The van der Waals surface area contributed by atoms with Crippen LogP contribution in [0.3, 0.4) is 0 Å². The molecule has 0 nitrogen and oxygen atoms in total. The van der Waals surface area contributed by atoms with Crippen molar-refractivity contribution in [3.8, 4) is 33.4 Å². The summed E-state index contributed by atoms with van der Waals surface area (Å²) in [5.74, 6) is 0. The first-order valence-electron chi connectivity index (χ1n) is 17.1. The number of thiophene rings is 2. The van der Waals surface area contributed by atoms with Gasteiger partial charge < -0.3 is 0 Å². The normalized spacial score (nSPS) is 12.0. The van der Waals surface area contributed by atoms with Crippen LogP contribution >= 0.6 is 22.7 Å². The Labute approximate surface area is 297 Å². The average molecular weight is 669 g/mol. The van der Waals surface area contributed by atoms with Crippen molar-refractivity contribution in [2.75, 3.05) is 0 Å². The summed E-state index contributed by atoms with van der Waals surface area (Å²) in [6.45, 7) is 0. The minimum Gasteiger partial charge on any atom is -0.135 e. The molecule has 0 radical (unpaired) electrons. The van der Waals surface area contributed by atoms with Gasteiger partial charge in [-0.2, -0.15) is 0 Å². The Bertz CT molecular complexity index is 3080. The molecular formula is C48H28S2. The Morgan fingerprint density at radius 3 is 1.52 bits per heavy atom. The number of rotatable bonds is 3. The lowest BCUT2D eigenvalue weighted by Crippen LogP contribution is -1.92. The zero-order valence-corrected chi connectivity index (χ0v) is 28.6. The van der Waals surface area contributed by atoms with Crippen LogP contribution in [0.4, 0.5) is 0 Å². The predicted molar refractivity (Wildman–Crippen MR) is 221 cm³/mol. The van der Waals surface area contributed by atoms with Gasteiger partial charge >= 0.3 is 0 Å². The fourth-order valence-electron chi connectivity index (χ4n) is 8.19. The van der Waals surface area contributed by atoms with Crippen molar-refractivity contribution in [3.63, 3.8) is 0 Å². The molecule has 2 heterocycles. The molecule has 0 atom stereocenters. The lowest BCUT2D eigenvalue weighted by atomic mass is 9.84. The monoisotopic (exact) mass is 668 g/mol. The molecule has 11 aromatic rings. The number of hydrogen-bond donors (Lipinski definition) is 0. The third kappa shape index (κ3) is 4.16. The van der Waals surface area contributed by atoms with Gasteiger partial charge in [0.2, 0.25) is 0 Å². The summed E-state index contributed by atoms with van der Waals surface area (Å²) in [4.78, 5) is 0. The molecule has 0 saturated carbocycles. The van der Waals surface area contributed by atoms with E-state index in [4.69, 9.17) is 0 Å². The average Bonchev–Trinajstić information content (AvgIpc) is 3.72. The Balaban J connectivity index is 1.16. The van der Waals surface area contributed by atoms with Gasteiger partial charge in [-0.25, -0.2) is 0 Å². The van der Waals surface area contributed by atoms with Crippen LogP contribution in [0.2, 0.25) is 0 Å². The van der Waals surface area contributed by atoms with Gasteiger partial charge in [0.25, 0.3) is 0 Å². The van der Waals surface area contributed by atoms with Gasteiger partial charge in [-0.3, -0.25) is 0 Å². The van der Waals surface area contributed by atoms with E-state index in [1.807, 2.05) is 22.7 Å². The third-order valence-electron chi connectivity index (χ3n) is 10.4. The van der Waals surface area contributed by atoms with Crippen molar-refractivity contribution in [2.45, 2.75) is 0 Å². The van der Waals surface area contributed by atoms with E-state index < -0.39 is 0 Å². The van der Waals surface area contributed by atoms with Crippen LogP contribution in [0.5, 0.6) is 0 Å². The molecule has 0 fully saturated rings. The van der Waals surface area contributed by atoms with Gasteiger partial charge in [0, 0.05) is 40.3 Å². The molecule has 9 aromatic carbocycles. The van der Waals surface area contributed by atoms with Gasteiger partial charge in [0.05, 0.1) is 0 Å². The molecule has 0 amide bonds. The maximum atomic E-state index is 2.44. The minimum atomic E-state index is 1.24. The first-order valence-corrected chi connectivity index (χ1v) is 18.7. The molecule has 50 heavy (non-hydrogen) atoms. The molecule has 0 aliphatic rings. The molecule has 2 aromatic heterocycles. The van der Waals surface area contributed by atoms with E-state index in [0.29, 0.717) is 0 Å². The fourth-order valence-corrected chi connectivity index (χ4v) is 10.6. The zero-order chi connectivity index (χ0) is 32.8. The summed E-state index contributed by atoms with van der Waals surface area (Å²) < 4.78 is 5.40. The Kier molecular flexibility index (Phi) is 6.09. The summed E-state index contributed by atoms with van der Waals surface area (Å²) in [6.07, 6.45) is 0. The van der Waals surface area contributed by atoms with E-state index in [9.17, 15) is 0 Å². The Morgan fingerprint density at radius 2 is 0.800 bits per heavy atom. The fraction of sp³-hybridized carbons (Fsp3) is 0. The summed E-state index contributed by atoms with van der Waals surface area (Å²) in [5, 5.41) is 13.0. The van der Waals surface area contributed by atoms with Crippen molar-refractivity contribution in [2.24, 2.45) is 0 Å². The number of benzene rings is 9. The van der Waals surface area contributed by atoms with Crippen LogP contribution < -0.4 is 0 Å². The van der Waals surface area contributed by atoms with E-state index in [1.54, 1.807) is 0 Å². The van der Waals surface area contributed by atoms with Crippen molar-refractivity contribution in [1.82, 2.24) is 0 Å². The quantitative estimate of drug-likeness (QED) is 0.164. The third-order valence-corrected chi connectivity index (χ3v) is 12.7. The highest BCUT2D eigenvalue weighted by Crippen LogP contribution is 2.47. The molecule has 0 spiro atoms. The largest absolute Gasteiger partial charge is 0.135 e. The lowest BCUT2D eigenvalue weighted by molar-refractivity contribution is 1.65. The Hall–Kier alpha value is -5.80. The zero-order valence-electron chi connectivity index (χ0n) is 27.0. The standard InChI is InChI=1S/C48H28S2/c1-2-12-29(13-3-1)47-36-17-6-8-19-38(36)48(39-20-9-7-18-37(39)47)42-25-32(24-31-14-4-5-15-33(31)42)30-22-23-35-41-27-40-34-16-10-11-21-43(34)49-45(40)28-46(41)50-44(35)26-30/h1-28H. The smallest absolute Gasteiger partial charge is 0.0369 e. The maximum absolute atomic E-state index is 2.44. The molecule has 0 saturated heterocycles. The van der Waals surface area contributed by atoms with E-state index in [0.717, 1.165) is 0 Å². The van der Waals surface area contributed by atoms with Crippen LogP contribution in [0.25, 0.3) is 106 Å². The highest BCUT2D eigenvalue weighted by atomic mass is 32.1. The van der Waals surface area contributed by atoms with E-state index in [-0.39, 0.29) is 0 Å². The molecular weight excluding hydrogens is 641 g/mol.